The predicted octanol–water partition coefficient (Wildman–Crippen LogP) is 1.02. The summed E-state index contributed by atoms with van der Waals surface area (Å²) >= 11 is 0. The van der Waals surface area contributed by atoms with Gasteiger partial charge in [0, 0.05) is 12.1 Å². The van der Waals surface area contributed by atoms with Crippen LogP contribution in [-0.4, -0.2) is 24.2 Å². The van der Waals surface area contributed by atoms with Crippen molar-refractivity contribution in [3.63, 3.8) is 0 Å². The van der Waals surface area contributed by atoms with E-state index in [1.54, 1.807) is 13.0 Å². The van der Waals surface area contributed by atoms with Crippen molar-refractivity contribution in [1.29, 1.82) is 0 Å². The van der Waals surface area contributed by atoms with Gasteiger partial charge in [-0.3, -0.25) is 0 Å². The lowest BCUT2D eigenvalue weighted by atomic mass is 10.3. The van der Waals surface area contributed by atoms with Crippen molar-refractivity contribution >= 4 is 5.97 Å². The minimum absolute atomic E-state index is 0.397. The third-order valence-electron chi connectivity index (χ3n) is 1.32. The van der Waals surface area contributed by atoms with Gasteiger partial charge in [0.1, 0.15) is 0 Å². The van der Waals surface area contributed by atoms with Crippen LogP contribution in [0.25, 0.3) is 0 Å². The fraction of sp³-hybridized carbons (Fsp3) is 0.625. The Morgan fingerprint density at radius 1 is 1.64 bits per heavy atom. The highest BCUT2D eigenvalue weighted by Gasteiger charge is 1.96. The van der Waals surface area contributed by atoms with E-state index in [-0.39, 0.29) is 0 Å². The first-order valence-electron chi connectivity index (χ1n) is 3.79. The van der Waals surface area contributed by atoms with Crippen LogP contribution in [0.5, 0.6) is 0 Å². The lowest BCUT2D eigenvalue weighted by Gasteiger charge is -1.97. The van der Waals surface area contributed by atoms with E-state index in [1.165, 1.54) is 0 Å². The number of carbonyl (C=O) groups is 1. The Morgan fingerprint density at radius 2 is 2.27 bits per heavy atom. The molecule has 0 bridgehead atoms. The zero-order valence-corrected chi connectivity index (χ0v) is 7.05. The van der Waals surface area contributed by atoms with Crippen molar-refractivity contribution in [2.24, 2.45) is 0 Å². The Hall–Kier alpha value is -0.830. The predicted molar refractivity (Wildman–Crippen MR) is 44.6 cm³/mol. The summed E-state index contributed by atoms with van der Waals surface area (Å²) in [6.45, 7) is 5.24. The molecule has 0 aromatic carbocycles. The van der Waals surface area contributed by atoms with Crippen LogP contribution >= 0.6 is 0 Å². The summed E-state index contributed by atoms with van der Waals surface area (Å²) in [5.74, 6) is -0.844. The first kappa shape index (κ1) is 10.2. The third-order valence-corrected chi connectivity index (χ3v) is 1.32. The maximum atomic E-state index is 10.3. The van der Waals surface area contributed by atoms with Gasteiger partial charge in [0.2, 0.25) is 0 Å². The molecule has 3 heteroatoms. The molecule has 0 amide bonds. The molecule has 0 heterocycles. The number of aliphatic carboxylic acids is 1. The Balaban J connectivity index is 3.48. The van der Waals surface area contributed by atoms with E-state index in [2.05, 4.69) is 12.2 Å². The van der Waals surface area contributed by atoms with Crippen molar-refractivity contribution in [1.82, 2.24) is 5.32 Å². The van der Waals surface area contributed by atoms with Crippen LogP contribution < -0.4 is 5.32 Å². The smallest absolute Gasteiger partial charge is 0.330 e. The lowest BCUT2D eigenvalue weighted by Crippen LogP contribution is -2.15. The minimum atomic E-state index is -0.844. The van der Waals surface area contributed by atoms with Gasteiger partial charge in [-0.05, 0) is 19.9 Å². The van der Waals surface area contributed by atoms with E-state index in [4.69, 9.17) is 5.11 Å². The lowest BCUT2D eigenvalue weighted by molar-refractivity contribution is -0.132. The quantitative estimate of drug-likeness (QED) is 0.462. The molecular weight excluding hydrogens is 142 g/mol. The van der Waals surface area contributed by atoms with Gasteiger partial charge in [-0.1, -0.05) is 13.0 Å². The van der Waals surface area contributed by atoms with Crippen LogP contribution in [0.1, 0.15) is 20.3 Å². The van der Waals surface area contributed by atoms with Crippen molar-refractivity contribution < 1.29 is 9.90 Å². The van der Waals surface area contributed by atoms with Gasteiger partial charge in [-0.2, -0.15) is 0 Å². The number of hydrogen-bond acceptors (Lipinski definition) is 2. The largest absolute Gasteiger partial charge is 0.478 e. The van der Waals surface area contributed by atoms with E-state index in [0.717, 1.165) is 13.0 Å². The summed E-state index contributed by atoms with van der Waals surface area (Å²) in [5, 5.41) is 11.5. The molecule has 0 radical (unpaired) electrons. The summed E-state index contributed by atoms with van der Waals surface area (Å²) < 4.78 is 0. The van der Waals surface area contributed by atoms with Crippen molar-refractivity contribution in [3.05, 3.63) is 11.6 Å². The number of carboxylic acid groups (broad SMARTS) is 1. The van der Waals surface area contributed by atoms with Crippen molar-refractivity contribution in [3.8, 4) is 0 Å². The molecule has 0 saturated carbocycles. The van der Waals surface area contributed by atoms with Crippen LogP contribution in [0.4, 0.5) is 0 Å². The van der Waals surface area contributed by atoms with Gasteiger partial charge in [0.15, 0.2) is 0 Å². The highest BCUT2D eigenvalue weighted by atomic mass is 16.4. The standard InChI is InChI=1S/C8H15NO2/c1-3-5-9-6-4-7(2)8(10)11/h4,9H,3,5-6H2,1-2H3,(H,10,11)/b7-4-. The number of hydrogen-bond donors (Lipinski definition) is 2. The number of rotatable bonds is 5. The Labute approximate surface area is 67.1 Å². The van der Waals surface area contributed by atoms with Gasteiger partial charge in [0.25, 0.3) is 0 Å². The first-order chi connectivity index (χ1) is 5.18. The molecule has 0 saturated heterocycles. The second kappa shape index (κ2) is 5.92. The average Bonchev–Trinajstić information content (AvgIpc) is 1.97. The molecule has 0 aromatic heterocycles. The molecule has 0 spiro atoms. The molecule has 11 heavy (non-hydrogen) atoms. The van der Waals surface area contributed by atoms with E-state index in [9.17, 15) is 4.79 Å². The Morgan fingerprint density at radius 3 is 2.73 bits per heavy atom. The summed E-state index contributed by atoms with van der Waals surface area (Å²) in [5.41, 5.74) is 0.397. The third kappa shape index (κ3) is 5.61. The molecule has 0 rings (SSSR count). The normalized spacial score (nSPS) is 11.6. The molecule has 3 nitrogen and oxygen atoms in total. The molecule has 0 aliphatic carbocycles. The maximum absolute atomic E-state index is 10.3. The molecule has 0 unspecified atom stereocenters. The summed E-state index contributed by atoms with van der Waals surface area (Å²) in [4.78, 5) is 10.3. The summed E-state index contributed by atoms with van der Waals surface area (Å²) in [6.07, 6.45) is 2.75. The number of nitrogens with one attached hydrogen (secondary N) is 1. The zero-order valence-electron chi connectivity index (χ0n) is 7.05. The zero-order chi connectivity index (χ0) is 8.69. The van der Waals surface area contributed by atoms with Gasteiger partial charge >= 0.3 is 5.97 Å². The molecule has 0 aromatic rings. The highest BCUT2D eigenvalue weighted by Crippen LogP contribution is 1.89. The monoisotopic (exact) mass is 157 g/mol. The van der Waals surface area contributed by atoms with E-state index in [0.29, 0.717) is 12.1 Å². The molecule has 0 aliphatic heterocycles. The van der Waals surface area contributed by atoms with Gasteiger partial charge < -0.3 is 10.4 Å². The Bertz CT molecular complexity index is 152. The van der Waals surface area contributed by atoms with Crippen LogP contribution in [-0.2, 0) is 4.79 Å². The molecule has 2 N–H and O–H groups in total. The second-order valence-corrected chi connectivity index (χ2v) is 2.40. The molecule has 64 valence electrons. The van der Waals surface area contributed by atoms with Gasteiger partial charge in [0.05, 0.1) is 0 Å². The van der Waals surface area contributed by atoms with E-state index >= 15 is 0 Å². The average molecular weight is 157 g/mol. The van der Waals surface area contributed by atoms with Gasteiger partial charge in [-0.15, -0.1) is 0 Å². The van der Waals surface area contributed by atoms with Crippen molar-refractivity contribution in [2.75, 3.05) is 13.1 Å². The highest BCUT2D eigenvalue weighted by molar-refractivity contribution is 5.85. The number of carboxylic acids is 1. The fourth-order valence-corrected chi connectivity index (χ4v) is 0.591. The topological polar surface area (TPSA) is 49.3 Å². The van der Waals surface area contributed by atoms with Crippen LogP contribution in [0, 0.1) is 0 Å². The van der Waals surface area contributed by atoms with E-state index < -0.39 is 5.97 Å². The van der Waals surface area contributed by atoms with Crippen molar-refractivity contribution in [2.45, 2.75) is 20.3 Å². The maximum Gasteiger partial charge on any atom is 0.330 e. The van der Waals surface area contributed by atoms with Crippen LogP contribution in [0.15, 0.2) is 11.6 Å². The summed E-state index contributed by atoms with van der Waals surface area (Å²) in [7, 11) is 0. The van der Waals surface area contributed by atoms with Crippen LogP contribution in [0.3, 0.4) is 0 Å². The van der Waals surface area contributed by atoms with Crippen LogP contribution in [0.2, 0.25) is 0 Å². The molecule has 0 atom stereocenters. The second-order valence-electron chi connectivity index (χ2n) is 2.40. The fourth-order valence-electron chi connectivity index (χ4n) is 0.591. The van der Waals surface area contributed by atoms with E-state index in [1.807, 2.05) is 0 Å². The molecular formula is C8H15NO2. The summed E-state index contributed by atoms with van der Waals surface area (Å²) in [6, 6.07) is 0. The molecule has 0 fully saturated rings. The first-order valence-corrected chi connectivity index (χ1v) is 3.79. The Kier molecular flexibility index (Phi) is 5.47. The SMILES string of the molecule is CCCNC/C=C(/C)C(=O)O. The van der Waals surface area contributed by atoms with Gasteiger partial charge in [-0.25, -0.2) is 4.79 Å². The minimum Gasteiger partial charge on any atom is -0.478 e. The molecule has 0 aliphatic rings.